The summed E-state index contributed by atoms with van der Waals surface area (Å²) in [5.74, 6) is 3.14. The van der Waals surface area contributed by atoms with Crippen LogP contribution >= 0.6 is 21.6 Å². The van der Waals surface area contributed by atoms with Crippen molar-refractivity contribution in [3.63, 3.8) is 0 Å². The molecule has 0 aliphatic heterocycles. The molecule has 0 radical (unpaired) electrons. The lowest BCUT2D eigenvalue weighted by Crippen LogP contribution is -2.03. The van der Waals surface area contributed by atoms with Crippen LogP contribution < -0.4 is 0 Å². The van der Waals surface area contributed by atoms with Gasteiger partial charge >= 0.3 is 0 Å². The molecular formula is C13H16S2. The van der Waals surface area contributed by atoms with Crippen LogP contribution in [0, 0.1) is 18.1 Å². The lowest BCUT2D eigenvalue weighted by molar-refractivity contribution is 0.810. The number of benzene rings is 1. The van der Waals surface area contributed by atoms with E-state index in [0.717, 1.165) is 5.56 Å². The van der Waals surface area contributed by atoms with Crippen molar-refractivity contribution in [1.82, 2.24) is 0 Å². The van der Waals surface area contributed by atoms with Gasteiger partial charge in [-0.05, 0) is 35.1 Å². The molecule has 1 rings (SSSR count). The van der Waals surface area contributed by atoms with Crippen LogP contribution in [0.5, 0.6) is 0 Å². The SMILES string of the molecule is Cc1ccc(C#CSSC(C)(C)C)cc1. The maximum Gasteiger partial charge on any atom is 0.0254 e. The normalized spacial score (nSPS) is 10.7. The highest BCUT2D eigenvalue weighted by Gasteiger charge is 2.09. The molecule has 0 nitrogen and oxygen atoms in total. The first-order valence-electron chi connectivity index (χ1n) is 4.90. The maximum absolute atomic E-state index is 3.14. The highest BCUT2D eigenvalue weighted by molar-refractivity contribution is 8.79. The van der Waals surface area contributed by atoms with Gasteiger partial charge in [0.15, 0.2) is 0 Å². The molecule has 0 aliphatic rings. The van der Waals surface area contributed by atoms with E-state index in [9.17, 15) is 0 Å². The molecule has 0 atom stereocenters. The summed E-state index contributed by atoms with van der Waals surface area (Å²) in [6.45, 7) is 8.66. The molecule has 0 saturated heterocycles. The fourth-order valence-corrected chi connectivity index (χ4v) is 2.31. The van der Waals surface area contributed by atoms with Crippen LogP contribution in [0.4, 0.5) is 0 Å². The maximum atomic E-state index is 3.14. The number of aryl methyl sites for hydroxylation is 1. The largest absolute Gasteiger partial charge is 0.0745 e. The number of hydrogen-bond donors (Lipinski definition) is 0. The second-order valence-electron chi connectivity index (χ2n) is 4.37. The van der Waals surface area contributed by atoms with Crippen molar-refractivity contribution in [1.29, 1.82) is 0 Å². The van der Waals surface area contributed by atoms with Gasteiger partial charge in [0.2, 0.25) is 0 Å². The summed E-state index contributed by atoms with van der Waals surface area (Å²) in [5.41, 5.74) is 2.36. The van der Waals surface area contributed by atoms with Crippen LogP contribution in [0.2, 0.25) is 0 Å². The molecule has 0 spiro atoms. The molecule has 80 valence electrons. The Balaban J connectivity index is 2.48. The molecule has 1 aromatic carbocycles. The van der Waals surface area contributed by atoms with E-state index in [1.165, 1.54) is 5.56 Å². The van der Waals surface area contributed by atoms with Crippen LogP contribution in [0.25, 0.3) is 0 Å². The molecular weight excluding hydrogens is 220 g/mol. The van der Waals surface area contributed by atoms with Gasteiger partial charge in [-0.25, -0.2) is 0 Å². The molecule has 0 saturated carbocycles. The third kappa shape index (κ3) is 5.81. The summed E-state index contributed by atoms with van der Waals surface area (Å²) in [6, 6.07) is 8.30. The average Bonchev–Trinajstić information content (AvgIpc) is 2.14. The van der Waals surface area contributed by atoms with E-state index in [2.05, 4.69) is 63.1 Å². The van der Waals surface area contributed by atoms with E-state index in [0.29, 0.717) is 0 Å². The summed E-state index contributed by atoms with van der Waals surface area (Å²) in [7, 11) is 3.41. The Hall–Kier alpha value is -0.520. The van der Waals surface area contributed by atoms with Crippen molar-refractivity contribution in [2.24, 2.45) is 0 Å². The topological polar surface area (TPSA) is 0 Å². The van der Waals surface area contributed by atoms with Gasteiger partial charge in [0, 0.05) is 10.3 Å². The predicted octanol–water partition coefficient (Wildman–Crippen LogP) is 4.48. The van der Waals surface area contributed by atoms with Gasteiger partial charge in [-0.15, -0.1) is 0 Å². The van der Waals surface area contributed by atoms with Gasteiger partial charge in [0.1, 0.15) is 0 Å². The second kappa shape index (κ2) is 5.53. The van der Waals surface area contributed by atoms with Crippen molar-refractivity contribution in [3.8, 4) is 11.2 Å². The van der Waals surface area contributed by atoms with E-state index < -0.39 is 0 Å². The second-order valence-corrected chi connectivity index (χ2v) is 7.13. The first kappa shape index (κ1) is 12.5. The Morgan fingerprint density at radius 3 is 2.20 bits per heavy atom. The molecule has 0 heterocycles. The zero-order valence-corrected chi connectivity index (χ0v) is 11.3. The summed E-state index contributed by atoms with van der Waals surface area (Å²) in [5, 5.41) is 3.11. The molecule has 15 heavy (non-hydrogen) atoms. The van der Waals surface area contributed by atoms with Crippen molar-refractivity contribution in [3.05, 3.63) is 35.4 Å². The average molecular weight is 236 g/mol. The third-order valence-electron chi connectivity index (χ3n) is 1.58. The minimum atomic E-state index is 0.270. The molecule has 0 unspecified atom stereocenters. The standard InChI is InChI=1S/C13H16S2/c1-11-5-7-12(8-6-11)9-10-14-15-13(2,3)4/h5-8H,1-4H3. The first-order chi connectivity index (χ1) is 6.97. The van der Waals surface area contributed by atoms with Crippen LogP contribution in [0.1, 0.15) is 31.9 Å². The monoisotopic (exact) mass is 236 g/mol. The fourth-order valence-electron chi connectivity index (χ4n) is 0.862. The van der Waals surface area contributed by atoms with Crippen molar-refractivity contribution >= 4 is 21.6 Å². The Labute approximate surface area is 101 Å². The van der Waals surface area contributed by atoms with Crippen LogP contribution in [-0.2, 0) is 0 Å². The smallest absolute Gasteiger partial charge is 0.0254 e. The van der Waals surface area contributed by atoms with E-state index in [-0.39, 0.29) is 4.75 Å². The lowest BCUT2D eigenvalue weighted by Gasteiger charge is -2.13. The summed E-state index contributed by atoms with van der Waals surface area (Å²) >= 11 is 0. The minimum Gasteiger partial charge on any atom is -0.0745 e. The van der Waals surface area contributed by atoms with E-state index >= 15 is 0 Å². The molecule has 1 aromatic rings. The lowest BCUT2D eigenvalue weighted by atomic mass is 10.2. The quantitative estimate of drug-likeness (QED) is 0.521. The van der Waals surface area contributed by atoms with Crippen LogP contribution in [-0.4, -0.2) is 4.75 Å². The zero-order valence-electron chi connectivity index (χ0n) is 9.63. The number of rotatable bonds is 1. The van der Waals surface area contributed by atoms with Crippen molar-refractivity contribution in [2.45, 2.75) is 32.4 Å². The van der Waals surface area contributed by atoms with Crippen molar-refractivity contribution < 1.29 is 0 Å². The summed E-state index contributed by atoms with van der Waals surface area (Å²) < 4.78 is 0.270. The first-order valence-corrected chi connectivity index (χ1v) is 7.05. The molecule has 2 heteroatoms. The Morgan fingerprint density at radius 1 is 1.07 bits per heavy atom. The van der Waals surface area contributed by atoms with Crippen molar-refractivity contribution in [2.75, 3.05) is 0 Å². The highest BCUT2D eigenvalue weighted by atomic mass is 33.1. The molecule has 0 fully saturated rings. The van der Waals surface area contributed by atoms with Gasteiger partial charge in [-0.3, -0.25) is 0 Å². The summed E-state index contributed by atoms with van der Waals surface area (Å²) in [4.78, 5) is 0. The Bertz CT molecular complexity index is 360. The van der Waals surface area contributed by atoms with E-state index in [1.807, 2.05) is 0 Å². The van der Waals surface area contributed by atoms with Gasteiger partial charge in [0.25, 0.3) is 0 Å². The number of hydrogen-bond acceptors (Lipinski definition) is 2. The van der Waals surface area contributed by atoms with E-state index in [4.69, 9.17) is 0 Å². The van der Waals surface area contributed by atoms with Gasteiger partial charge in [-0.2, -0.15) is 0 Å². The highest BCUT2D eigenvalue weighted by Crippen LogP contribution is 2.34. The van der Waals surface area contributed by atoms with Crippen LogP contribution in [0.3, 0.4) is 0 Å². The Morgan fingerprint density at radius 2 is 1.67 bits per heavy atom. The molecule has 0 aliphatic carbocycles. The van der Waals surface area contributed by atoms with E-state index in [1.54, 1.807) is 21.6 Å². The Kier molecular flexibility index (Phi) is 4.63. The predicted molar refractivity (Wildman–Crippen MR) is 73.0 cm³/mol. The molecule has 0 bridgehead atoms. The third-order valence-corrected chi connectivity index (χ3v) is 4.35. The zero-order chi connectivity index (χ0) is 11.3. The summed E-state index contributed by atoms with van der Waals surface area (Å²) in [6.07, 6.45) is 0. The molecule has 0 N–H and O–H groups in total. The van der Waals surface area contributed by atoms with Gasteiger partial charge in [-0.1, -0.05) is 55.2 Å². The fraction of sp³-hybridized carbons (Fsp3) is 0.385. The van der Waals surface area contributed by atoms with Gasteiger partial charge < -0.3 is 0 Å². The van der Waals surface area contributed by atoms with Gasteiger partial charge in [0.05, 0.1) is 0 Å². The van der Waals surface area contributed by atoms with Crippen LogP contribution in [0.15, 0.2) is 24.3 Å². The molecule has 0 amide bonds. The molecule has 0 aromatic heterocycles. The minimum absolute atomic E-state index is 0.270.